The summed E-state index contributed by atoms with van der Waals surface area (Å²) in [6.07, 6.45) is 6.63. The molecule has 0 bridgehead atoms. The fraction of sp³-hybridized carbons (Fsp3) is 0.625. The first-order valence-corrected chi connectivity index (χ1v) is 7.84. The van der Waals surface area contributed by atoms with E-state index < -0.39 is 0 Å². The molecule has 0 spiro atoms. The average molecular weight is 263 g/mol. The van der Waals surface area contributed by atoms with E-state index in [-0.39, 0.29) is 0 Å². The second-order valence-electron chi connectivity index (χ2n) is 5.62. The molecule has 18 heavy (non-hydrogen) atoms. The molecule has 1 aromatic rings. The summed E-state index contributed by atoms with van der Waals surface area (Å²) in [5.41, 5.74) is 1.85. The predicted octanol–water partition coefficient (Wildman–Crippen LogP) is 4.39. The molecule has 1 nitrogen and oxygen atoms in total. The van der Waals surface area contributed by atoms with E-state index in [1.807, 2.05) is 0 Å². The number of rotatable bonds is 7. The minimum Gasteiger partial charge on any atom is -0.371 e. The first kappa shape index (κ1) is 13.8. The van der Waals surface area contributed by atoms with Gasteiger partial charge in [-0.2, -0.15) is 12.6 Å². The summed E-state index contributed by atoms with van der Waals surface area (Å²) in [5.74, 6) is 1.03. The number of hydrogen-bond donors (Lipinski definition) is 1. The largest absolute Gasteiger partial charge is 0.371 e. The number of unbranched alkanes of at least 4 members (excludes halogenated alkanes) is 1. The highest BCUT2D eigenvalue weighted by molar-refractivity contribution is 7.80. The van der Waals surface area contributed by atoms with Gasteiger partial charge >= 0.3 is 0 Å². The molecule has 1 aromatic carbocycles. The van der Waals surface area contributed by atoms with Gasteiger partial charge in [0.05, 0.1) is 0 Å². The van der Waals surface area contributed by atoms with Crippen molar-refractivity contribution in [1.82, 2.24) is 0 Å². The molecule has 100 valence electrons. The first-order chi connectivity index (χ1) is 8.79. The molecule has 2 heteroatoms. The third kappa shape index (κ3) is 3.23. The standard InChI is InChI=1S/C16H25NS/c1-2-3-12-17(15-8-5-4-6-9-15)13-16(14-18)10-7-11-16/h4-6,8-9,18H,2-3,7,10-14H2,1H3. The van der Waals surface area contributed by atoms with Gasteiger partial charge in [0.15, 0.2) is 0 Å². The number of anilines is 1. The van der Waals surface area contributed by atoms with Crippen LogP contribution in [0.4, 0.5) is 5.69 Å². The predicted molar refractivity (Wildman–Crippen MR) is 83.7 cm³/mol. The van der Waals surface area contributed by atoms with Crippen molar-refractivity contribution in [1.29, 1.82) is 0 Å². The van der Waals surface area contributed by atoms with Crippen LogP contribution in [0.2, 0.25) is 0 Å². The normalized spacial score (nSPS) is 17.2. The van der Waals surface area contributed by atoms with Gasteiger partial charge in [0.1, 0.15) is 0 Å². The highest BCUT2D eigenvalue weighted by atomic mass is 32.1. The molecule has 1 fully saturated rings. The maximum Gasteiger partial charge on any atom is 0.0366 e. The molecular weight excluding hydrogens is 238 g/mol. The van der Waals surface area contributed by atoms with Crippen LogP contribution in [0.3, 0.4) is 0 Å². The van der Waals surface area contributed by atoms with Gasteiger partial charge in [-0.05, 0) is 42.6 Å². The van der Waals surface area contributed by atoms with Crippen molar-refractivity contribution >= 4 is 18.3 Å². The lowest BCUT2D eigenvalue weighted by Crippen LogP contribution is -2.44. The maximum absolute atomic E-state index is 4.58. The lowest BCUT2D eigenvalue weighted by atomic mass is 9.70. The molecule has 2 rings (SSSR count). The SMILES string of the molecule is CCCCN(CC1(CS)CCC1)c1ccccc1. The van der Waals surface area contributed by atoms with Crippen LogP contribution in [-0.2, 0) is 0 Å². The summed E-state index contributed by atoms with van der Waals surface area (Å²) >= 11 is 4.58. The lowest BCUT2D eigenvalue weighted by Gasteiger charge is -2.45. The molecule has 0 aliphatic heterocycles. The minimum absolute atomic E-state index is 0.479. The van der Waals surface area contributed by atoms with Crippen molar-refractivity contribution in [2.45, 2.75) is 39.0 Å². The Balaban J connectivity index is 2.05. The van der Waals surface area contributed by atoms with Gasteiger partial charge < -0.3 is 4.90 Å². The van der Waals surface area contributed by atoms with Gasteiger partial charge in [0.25, 0.3) is 0 Å². The zero-order valence-corrected chi connectivity index (χ0v) is 12.3. The van der Waals surface area contributed by atoms with Crippen LogP contribution in [0.1, 0.15) is 39.0 Å². The number of para-hydroxylation sites is 1. The molecule has 0 unspecified atom stereocenters. The van der Waals surface area contributed by atoms with E-state index in [1.54, 1.807) is 0 Å². The Morgan fingerprint density at radius 2 is 1.94 bits per heavy atom. The smallest absolute Gasteiger partial charge is 0.0366 e. The Morgan fingerprint density at radius 1 is 1.22 bits per heavy atom. The van der Waals surface area contributed by atoms with Crippen molar-refractivity contribution in [3.05, 3.63) is 30.3 Å². The fourth-order valence-corrected chi connectivity index (χ4v) is 3.15. The summed E-state index contributed by atoms with van der Waals surface area (Å²) in [7, 11) is 0. The van der Waals surface area contributed by atoms with Crippen LogP contribution in [0, 0.1) is 5.41 Å². The Bertz CT molecular complexity index is 340. The highest BCUT2D eigenvalue weighted by Crippen LogP contribution is 2.43. The Morgan fingerprint density at radius 3 is 2.44 bits per heavy atom. The monoisotopic (exact) mass is 263 g/mol. The summed E-state index contributed by atoms with van der Waals surface area (Å²) < 4.78 is 0. The van der Waals surface area contributed by atoms with Crippen LogP contribution >= 0.6 is 12.6 Å². The topological polar surface area (TPSA) is 3.24 Å². The second kappa shape index (κ2) is 6.51. The van der Waals surface area contributed by atoms with Gasteiger partial charge in [-0.25, -0.2) is 0 Å². The van der Waals surface area contributed by atoms with Crippen molar-refractivity contribution in [3.8, 4) is 0 Å². The summed E-state index contributed by atoms with van der Waals surface area (Å²) in [6, 6.07) is 10.9. The highest BCUT2D eigenvalue weighted by Gasteiger charge is 2.37. The number of thiol groups is 1. The molecular formula is C16H25NS. The Labute approximate surface area is 117 Å². The van der Waals surface area contributed by atoms with E-state index in [9.17, 15) is 0 Å². The van der Waals surface area contributed by atoms with Crippen LogP contribution in [0.5, 0.6) is 0 Å². The third-order valence-corrected chi connectivity index (χ3v) is 4.85. The molecule has 0 aromatic heterocycles. The van der Waals surface area contributed by atoms with Gasteiger partial charge in [-0.1, -0.05) is 38.0 Å². The van der Waals surface area contributed by atoms with E-state index >= 15 is 0 Å². The first-order valence-electron chi connectivity index (χ1n) is 7.20. The molecule has 0 saturated heterocycles. The third-order valence-electron chi connectivity index (χ3n) is 4.18. The maximum atomic E-state index is 4.58. The van der Waals surface area contributed by atoms with E-state index in [0.717, 1.165) is 5.75 Å². The van der Waals surface area contributed by atoms with Crippen molar-refractivity contribution < 1.29 is 0 Å². The van der Waals surface area contributed by atoms with Crippen molar-refractivity contribution in [2.24, 2.45) is 5.41 Å². The van der Waals surface area contributed by atoms with Crippen LogP contribution in [0.15, 0.2) is 30.3 Å². The molecule has 0 heterocycles. The summed E-state index contributed by atoms with van der Waals surface area (Å²) in [4.78, 5) is 2.57. The fourth-order valence-electron chi connectivity index (χ4n) is 2.74. The Kier molecular flexibility index (Phi) is 4.99. The summed E-state index contributed by atoms with van der Waals surface area (Å²) in [6.45, 7) is 4.62. The van der Waals surface area contributed by atoms with Gasteiger partial charge in [-0.15, -0.1) is 0 Å². The van der Waals surface area contributed by atoms with Crippen LogP contribution in [0.25, 0.3) is 0 Å². The van der Waals surface area contributed by atoms with Gasteiger partial charge in [0.2, 0.25) is 0 Å². The molecule has 0 N–H and O–H groups in total. The number of nitrogens with zero attached hydrogens (tertiary/aromatic N) is 1. The minimum atomic E-state index is 0.479. The quantitative estimate of drug-likeness (QED) is 0.714. The molecule has 0 amide bonds. The van der Waals surface area contributed by atoms with Crippen molar-refractivity contribution in [2.75, 3.05) is 23.7 Å². The average Bonchev–Trinajstić information content (AvgIpc) is 2.38. The Hall–Kier alpha value is -0.630. The van der Waals surface area contributed by atoms with Gasteiger partial charge in [0, 0.05) is 18.8 Å². The number of hydrogen-bond acceptors (Lipinski definition) is 2. The molecule has 0 radical (unpaired) electrons. The molecule has 1 aliphatic carbocycles. The van der Waals surface area contributed by atoms with E-state index in [0.29, 0.717) is 5.41 Å². The zero-order chi connectivity index (χ0) is 12.8. The summed E-state index contributed by atoms with van der Waals surface area (Å²) in [5, 5.41) is 0. The van der Waals surface area contributed by atoms with Crippen LogP contribution in [-0.4, -0.2) is 18.8 Å². The molecule has 0 atom stereocenters. The number of benzene rings is 1. The lowest BCUT2D eigenvalue weighted by molar-refractivity contribution is 0.175. The van der Waals surface area contributed by atoms with Crippen LogP contribution < -0.4 is 4.90 Å². The van der Waals surface area contributed by atoms with Crippen molar-refractivity contribution in [3.63, 3.8) is 0 Å². The van der Waals surface area contributed by atoms with E-state index in [1.165, 1.54) is 50.9 Å². The van der Waals surface area contributed by atoms with E-state index in [2.05, 4.69) is 54.8 Å². The molecule has 1 aliphatic rings. The molecule has 1 saturated carbocycles. The van der Waals surface area contributed by atoms with Gasteiger partial charge in [-0.3, -0.25) is 0 Å². The second-order valence-corrected chi connectivity index (χ2v) is 5.94. The van der Waals surface area contributed by atoms with E-state index in [4.69, 9.17) is 0 Å². The zero-order valence-electron chi connectivity index (χ0n) is 11.4.